The van der Waals surface area contributed by atoms with Crippen LogP contribution in [0.2, 0.25) is 5.02 Å². The lowest BCUT2D eigenvalue weighted by Crippen LogP contribution is -2.43. The van der Waals surface area contributed by atoms with Crippen LogP contribution in [0.4, 0.5) is 10.5 Å². The summed E-state index contributed by atoms with van der Waals surface area (Å²) in [5.41, 5.74) is 4.84. The van der Waals surface area contributed by atoms with E-state index in [9.17, 15) is 4.79 Å². The summed E-state index contributed by atoms with van der Waals surface area (Å²) in [4.78, 5) is 18.9. The molecule has 7 heteroatoms. The van der Waals surface area contributed by atoms with Crippen LogP contribution in [-0.4, -0.2) is 36.7 Å². The van der Waals surface area contributed by atoms with Gasteiger partial charge >= 0.3 is 6.03 Å². The van der Waals surface area contributed by atoms with E-state index in [0.29, 0.717) is 17.3 Å². The quantitative estimate of drug-likeness (QED) is 0.390. The van der Waals surface area contributed by atoms with E-state index in [1.807, 2.05) is 53.4 Å². The molecule has 33 heavy (non-hydrogen) atoms. The third-order valence-electron chi connectivity index (χ3n) is 6.08. The molecule has 168 valence electrons. The average molecular weight is 462 g/mol. The average Bonchev–Trinajstić information content (AvgIpc) is 3.21. The fraction of sp³-hybridized carbons (Fsp3) is 0.192. The minimum atomic E-state index is -0.304. The van der Waals surface area contributed by atoms with Crippen molar-refractivity contribution in [3.05, 3.63) is 88.6 Å². The third-order valence-corrected chi connectivity index (χ3v) is 6.32. The molecule has 2 amide bonds. The van der Waals surface area contributed by atoms with Crippen molar-refractivity contribution in [1.82, 2.24) is 9.88 Å². The molecule has 0 spiro atoms. The summed E-state index contributed by atoms with van der Waals surface area (Å²) in [6.45, 7) is 0.561. The van der Waals surface area contributed by atoms with E-state index >= 15 is 0 Å². The predicted molar refractivity (Wildman–Crippen MR) is 131 cm³/mol. The summed E-state index contributed by atoms with van der Waals surface area (Å²) in [5, 5.41) is 4.69. The van der Waals surface area contributed by atoms with Gasteiger partial charge in [-0.1, -0.05) is 29.8 Å². The number of hydrogen-bond acceptors (Lipinski definition) is 3. The first-order chi connectivity index (χ1) is 16.1. The Balaban J connectivity index is 1.60. The SMILES string of the molecule is COc1cccc([C@H]2c3[nH]c4ccc(OC)cc4c3CCN2C(=O)Nc2cccc(Cl)c2)c1. The molecule has 0 unspecified atom stereocenters. The van der Waals surface area contributed by atoms with Gasteiger partial charge in [0.1, 0.15) is 11.5 Å². The second-order valence-corrected chi connectivity index (χ2v) is 8.43. The Morgan fingerprint density at radius 2 is 1.82 bits per heavy atom. The lowest BCUT2D eigenvalue weighted by molar-refractivity contribution is 0.193. The Bertz CT molecular complexity index is 1330. The highest BCUT2D eigenvalue weighted by Gasteiger charge is 2.35. The number of carbonyl (C=O) groups is 1. The Kier molecular flexibility index (Phi) is 5.60. The molecule has 0 fully saturated rings. The molecule has 4 aromatic rings. The summed E-state index contributed by atoms with van der Waals surface area (Å²) in [6, 6.07) is 20.5. The summed E-state index contributed by atoms with van der Waals surface area (Å²) >= 11 is 6.11. The van der Waals surface area contributed by atoms with E-state index in [-0.39, 0.29) is 12.1 Å². The van der Waals surface area contributed by atoms with Crippen LogP contribution in [0.5, 0.6) is 11.5 Å². The van der Waals surface area contributed by atoms with Crippen molar-refractivity contribution in [2.45, 2.75) is 12.5 Å². The van der Waals surface area contributed by atoms with E-state index in [1.165, 1.54) is 5.56 Å². The number of aromatic nitrogens is 1. The Morgan fingerprint density at radius 3 is 2.61 bits per heavy atom. The summed E-state index contributed by atoms with van der Waals surface area (Å²) in [5.74, 6) is 1.55. The van der Waals surface area contributed by atoms with Crippen molar-refractivity contribution in [2.24, 2.45) is 0 Å². The molecule has 6 nitrogen and oxygen atoms in total. The smallest absolute Gasteiger partial charge is 0.322 e. The van der Waals surface area contributed by atoms with Crippen molar-refractivity contribution in [1.29, 1.82) is 0 Å². The highest BCUT2D eigenvalue weighted by atomic mass is 35.5. The first-order valence-corrected chi connectivity index (χ1v) is 11.1. The van der Waals surface area contributed by atoms with Crippen LogP contribution in [0.1, 0.15) is 22.9 Å². The lowest BCUT2D eigenvalue weighted by Gasteiger charge is -2.36. The number of fused-ring (bicyclic) bond motifs is 3. The fourth-order valence-corrected chi connectivity index (χ4v) is 4.72. The highest BCUT2D eigenvalue weighted by Crippen LogP contribution is 2.40. The lowest BCUT2D eigenvalue weighted by atomic mass is 9.92. The second kappa shape index (κ2) is 8.71. The molecule has 0 aliphatic carbocycles. The van der Waals surface area contributed by atoms with Crippen molar-refractivity contribution < 1.29 is 14.3 Å². The van der Waals surface area contributed by atoms with Crippen LogP contribution in [0, 0.1) is 0 Å². The van der Waals surface area contributed by atoms with E-state index in [2.05, 4.69) is 16.4 Å². The topological polar surface area (TPSA) is 66.6 Å². The predicted octanol–water partition coefficient (Wildman–Crippen LogP) is 6.02. The molecule has 1 atom stereocenters. The number of rotatable bonds is 4. The number of amides is 2. The number of ether oxygens (including phenoxy) is 2. The van der Waals surface area contributed by atoms with Gasteiger partial charge in [-0.05, 0) is 66.1 Å². The van der Waals surface area contributed by atoms with Crippen molar-refractivity contribution in [3.63, 3.8) is 0 Å². The Hall–Kier alpha value is -3.64. The summed E-state index contributed by atoms with van der Waals surface area (Å²) < 4.78 is 10.9. The molecule has 0 radical (unpaired) electrons. The Labute approximate surface area is 197 Å². The van der Waals surface area contributed by atoms with Crippen LogP contribution in [0.3, 0.4) is 0 Å². The molecule has 0 bridgehead atoms. The number of carbonyl (C=O) groups excluding carboxylic acids is 1. The maximum absolute atomic E-state index is 13.4. The molecular formula is C26H24ClN3O3. The van der Waals surface area contributed by atoms with Crippen molar-refractivity contribution >= 4 is 34.2 Å². The van der Waals surface area contributed by atoms with Gasteiger partial charge in [0.25, 0.3) is 0 Å². The number of hydrogen-bond donors (Lipinski definition) is 2. The maximum Gasteiger partial charge on any atom is 0.322 e. The molecule has 1 aromatic heterocycles. The van der Waals surface area contributed by atoms with Crippen molar-refractivity contribution in [2.75, 3.05) is 26.1 Å². The van der Waals surface area contributed by atoms with Gasteiger partial charge in [-0.3, -0.25) is 0 Å². The molecule has 1 aliphatic rings. The fourth-order valence-electron chi connectivity index (χ4n) is 4.53. The third kappa shape index (κ3) is 3.98. The minimum Gasteiger partial charge on any atom is -0.497 e. The van der Waals surface area contributed by atoms with Gasteiger partial charge in [-0.2, -0.15) is 0 Å². The largest absolute Gasteiger partial charge is 0.497 e. The molecule has 2 heterocycles. The van der Waals surface area contributed by atoms with Crippen LogP contribution < -0.4 is 14.8 Å². The normalized spacial score (nSPS) is 15.2. The zero-order chi connectivity index (χ0) is 22.9. The second-order valence-electron chi connectivity index (χ2n) is 7.99. The number of anilines is 1. The van der Waals surface area contributed by atoms with Gasteiger partial charge in [0.05, 0.1) is 20.3 Å². The van der Waals surface area contributed by atoms with E-state index in [4.69, 9.17) is 21.1 Å². The van der Waals surface area contributed by atoms with Gasteiger partial charge in [-0.25, -0.2) is 4.79 Å². The molecule has 0 saturated carbocycles. The Morgan fingerprint density at radius 1 is 1.03 bits per heavy atom. The van der Waals surface area contributed by atoms with Crippen LogP contribution in [-0.2, 0) is 6.42 Å². The first-order valence-electron chi connectivity index (χ1n) is 10.7. The molecule has 1 aliphatic heterocycles. The number of nitrogens with one attached hydrogen (secondary N) is 2. The molecule has 5 rings (SSSR count). The van der Waals surface area contributed by atoms with Crippen LogP contribution in [0.25, 0.3) is 10.9 Å². The number of nitrogens with zero attached hydrogens (tertiary/aromatic N) is 1. The number of urea groups is 1. The highest BCUT2D eigenvalue weighted by molar-refractivity contribution is 6.30. The van der Waals surface area contributed by atoms with Crippen molar-refractivity contribution in [3.8, 4) is 11.5 Å². The van der Waals surface area contributed by atoms with Crippen LogP contribution >= 0.6 is 11.6 Å². The number of benzene rings is 3. The van der Waals surface area contributed by atoms with E-state index < -0.39 is 0 Å². The summed E-state index contributed by atoms with van der Waals surface area (Å²) in [7, 11) is 3.31. The number of halogens is 1. The van der Waals surface area contributed by atoms with Gasteiger partial charge in [0.2, 0.25) is 0 Å². The zero-order valence-electron chi connectivity index (χ0n) is 18.4. The molecule has 2 N–H and O–H groups in total. The van der Waals surface area contributed by atoms with Gasteiger partial charge in [0.15, 0.2) is 0 Å². The van der Waals surface area contributed by atoms with E-state index in [1.54, 1.807) is 26.4 Å². The standard InChI is InChI=1S/C26H24ClN3O3/c1-32-19-8-3-5-16(13-19)25-24-21(22-15-20(33-2)9-10-23(22)29-24)11-12-30(25)26(31)28-18-7-4-6-17(27)14-18/h3-10,13-15,25,29H,11-12H2,1-2H3,(H,28,31)/t25-/m0/s1. The molecule has 0 saturated heterocycles. The maximum atomic E-state index is 13.4. The summed E-state index contributed by atoms with van der Waals surface area (Å²) in [6.07, 6.45) is 0.728. The van der Waals surface area contributed by atoms with Gasteiger partial charge < -0.3 is 24.7 Å². The zero-order valence-corrected chi connectivity index (χ0v) is 19.1. The molecule has 3 aromatic carbocycles. The minimum absolute atomic E-state index is 0.188. The first kappa shape index (κ1) is 21.2. The van der Waals surface area contributed by atoms with Gasteiger partial charge in [-0.15, -0.1) is 0 Å². The molecular weight excluding hydrogens is 438 g/mol. The number of H-pyrrole nitrogens is 1. The monoisotopic (exact) mass is 461 g/mol. The van der Waals surface area contributed by atoms with Gasteiger partial charge in [0, 0.05) is 33.9 Å². The number of methoxy groups -OCH3 is 2. The van der Waals surface area contributed by atoms with Crippen LogP contribution in [0.15, 0.2) is 66.7 Å². The van der Waals surface area contributed by atoms with E-state index in [0.717, 1.165) is 40.1 Å². The number of aromatic amines is 1.